The lowest BCUT2D eigenvalue weighted by molar-refractivity contribution is -0.340. The number of amidine groups is 1. The Labute approximate surface area is 183 Å². The Morgan fingerprint density at radius 2 is 1.77 bits per heavy atom. The van der Waals surface area contributed by atoms with Gasteiger partial charge in [0.15, 0.2) is 0 Å². The molecule has 170 valence electrons. The summed E-state index contributed by atoms with van der Waals surface area (Å²) in [5.74, 6) is -1.07. The first kappa shape index (κ1) is 26.0. The maximum Gasteiger partial charge on any atom is 0.465 e. The molecule has 1 aliphatic heterocycles. The van der Waals surface area contributed by atoms with E-state index < -0.39 is 17.8 Å². The highest BCUT2D eigenvalue weighted by atomic mass is 16.5. The summed E-state index contributed by atoms with van der Waals surface area (Å²) < 4.78 is 12.4. The van der Waals surface area contributed by atoms with E-state index in [-0.39, 0.29) is 12.3 Å². The zero-order valence-corrected chi connectivity index (χ0v) is 19.0. The number of hydrogen-bond acceptors (Lipinski definition) is 6. The number of unbranched alkanes of at least 4 members (excludes halogenated alkanes) is 3. The maximum absolute atomic E-state index is 12.5. The molecule has 1 aliphatic rings. The molecule has 31 heavy (non-hydrogen) atoms. The molecule has 1 heterocycles. The Balaban J connectivity index is 0.000000861. The second-order valence-corrected chi connectivity index (χ2v) is 6.87. The molecule has 1 aromatic carbocycles. The standard InChI is InChI=1S/C20H27N2O4.C3H6O2/c1-5-7-8-9-13-16-21-18(23)19(24)22(16)20(26-4)15-12-10-11-14(6-2)17(15)25-3;1-2-3(4)5/h10-12H,5-9,13H2,1-4H3;2H2,1H3,(H,4,5)/q+1;/p-1. The summed E-state index contributed by atoms with van der Waals surface area (Å²) in [4.78, 5) is 37.6. The zero-order chi connectivity index (χ0) is 23.4. The van der Waals surface area contributed by atoms with Gasteiger partial charge in [-0.15, -0.1) is 4.58 Å². The van der Waals surface area contributed by atoms with Gasteiger partial charge in [0.1, 0.15) is 11.3 Å². The van der Waals surface area contributed by atoms with Gasteiger partial charge in [0, 0.05) is 11.0 Å². The number of amides is 2. The van der Waals surface area contributed by atoms with Crippen molar-refractivity contribution in [2.75, 3.05) is 14.2 Å². The molecular formula is C23H32N2O6. The Bertz CT molecular complexity index is 858. The molecule has 0 spiro atoms. The van der Waals surface area contributed by atoms with E-state index >= 15 is 0 Å². The van der Waals surface area contributed by atoms with E-state index in [4.69, 9.17) is 9.47 Å². The summed E-state index contributed by atoms with van der Waals surface area (Å²) in [5.41, 5.74) is 1.64. The molecule has 2 rings (SSSR count). The molecular weight excluding hydrogens is 400 g/mol. The molecule has 0 radical (unpaired) electrons. The van der Waals surface area contributed by atoms with Crippen molar-refractivity contribution in [2.45, 2.75) is 65.7 Å². The first-order valence-corrected chi connectivity index (χ1v) is 10.6. The van der Waals surface area contributed by atoms with E-state index in [0.717, 1.165) is 37.7 Å². The van der Waals surface area contributed by atoms with Crippen LogP contribution in [0.15, 0.2) is 23.2 Å². The molecule has 0 aliphatic carbocycles. The van der Waals surface area contributed by atoms with Gasteiger partial charge >= 0.3 is 23.5 Å². The summed E-state index contributed by atoms with van der Waals surface area (Å²) in [7, 11) is 3.07. The van der Waals surface area contributed by atoms with Crippen LogP contribution in [0, 0.1) is 0 Å². The first-order chi connectivity index (χ1) is 14.9. The van der Waals surface area contributed by atoms with Crippen molar-refractivity contribution >= 4 is 29.5 Å². The Kier molecular flexibility index (Phi) is 11.2. The summed E-state index contributed by atoms with van der Waals surface area (Å²) in [6.45, 7) is 5.70. The number of aliphatic carboxylic acids is 1. The number of aryl methyl sites for hydroxylation is 1. The molecule has 0 N–H and O–H groups in total. The highest BCUT2D eigenvalue weighted by molar-refractivity contribution is 6.39. The van der Waals surface area contributed by atoms with Crippen LogP contribution in [0.4, 0.5) is 0 Å². The third-order valence-electron chi connectivity index (χ3n) is 4.73. The van der Waals surface area contributed by atoms with Gasteiger partial charge in [0.05, 0.1) is 20.6 Å². The number of methoxy groups -OCH3 is 2. The topological polar surface area (TPSA) is 108 Å². The molecule has 0 aromatic heterocycles. The summed E-state index contributed by atoms with van der Waals surface area (Å²) >= 11 is 0. The van der Waals surface area contributed by atoms with E-state index in [1.165, 1.54) is 18.6 Å². The van der Waals surface area contributed by atoms with E-state index in [1.54, 1.807) is 7.11 Å². The van der Waals surface area contributed by atoms with Crippen molar-refractivity contribution in [1.29, 1.82) is 0 Å². The molecule has 8 heteroatoms. The second-order valence-electron chi connectivity index (χ2n) is 6.87. The van der Waals surface area contributed by atoms with Crippen LogP contribution in [0.1, 0.15) is 70.4 Å². The number of carboxylic acids is 1. The van der Waals surface area contributed by atoms with Crippen molar-refractivity contribution in [2.24, 2.45) is 4.99 Å². The van der Waals surface area contributed by atoms with Gasteiger partial charge < -0.3 is 19.4 Å². The Morgan fingerprint density at radius 1 is 1.10 bits per heavy atom. The van der Waals surface area contributed by atoms with Crippen LogP contribution in [0.2, 0.25) is 0 Å². The van der Waals surface area contributed by atoms with Crippen molar-refractivity contribution in [1.82, 2.24) is 0 Å². The van der Waals surface area contributed by atoms with Gasteiger partial charge in [-0.1, -0.05) is 52.2 Å². The lowest BCUT2D eigenvalue weighted by atomic mass is 10.1. The Morgan fingerprint density at radius 3 is 2.29 bits per heavy atom. The van der Waals surface area contributed by atoms with Crippen LogP contribution < -0.4 is 9.84 Å². The monoisotopic (exact) mass is 432 g/mol. The number of carbonyl (C=O) groups excluding carboxylic acids is 3. The average Bonchev–Trinajstić information content (AvgIpc) is 3.05. The first-order valence-electron chi connectivity index (χ1n) is 10.6. The second kappa shape index (κ2) is 13.3. The highest BCUT2D eigenvalue weighted by Gasteiger charge is 2.44. The van der Waals surface area contributed by atoms with Crippen molar-refractivity contribution < 1.29 is 33.5 Å². The lowest BCUT2D eigenvalue weighted by Gasteiger charge is -2.13. The number of carbonyl (C=O) groups is 3. The summed E-state index contributed by atoms with van der Waals surface area (Å²) in [6, 6.07) is 5.67. The normalized spacial score (nSPS) is 14.5. The maximum atomic E-state index is 12.5. The van der Waals surface area contributed by atoms with Crippen LogP contribution in [0.3, 0.4) is 0 Å². The minimum Gasteiger partial charge on any atom is -0.550 e. The van der Waals surface area contributed by atoms with E-state index in [0.29, 0.717) is 23.6 Å². The predicted octanol–water partition coefficient (Wildman–Crippen LogP) is 2.25. The fourth-order valence-corrected chi connectivity index (χ4v) is 3.11. The molecule has 0 saturated carbocycles. The fourth-order valence-electron chi connectivity index (χ4n) is 3.11. The third-order valence-corrected chi connectivity index (χ3v) is 4.73. The molecule has 8 nitrogen and oxygen atoms in total. The van der Waals surface area contributed by atoms with Crippen LogP contribution in [0.5, 0.6) is 5.75 Å². The SMILES string of the molecule is CCC(=O)[O-].CCCCCCC1=NC(=O)C(=O)[N+]1=C(OC)c1cccc(CC)c1OC. The highest BCUT2D eigenvalue weighted by Crippen LogP contribution is 2.26. The molecule has 2 amide bonds. The van der Waals surface area contributed by atoms with Gasteiger partial charge in [-0.25, -0.2) is 9.59 Å². The smallest absolute Gasteiger partial charge is 0.465 e. The zero-order valence-electron chi connectivity index (χ0n) is 19.0. The molecule has 0 saturated heterocycles. The number of carboxylic acid groups (broad SMARTS) is 1. The van der Waals surface area contributed by atoms with Crippen LogP contribution in [-0.2, 0) is 25.5 Å². The largest absolute Gasteiger partial charge is 0.550 e. The summed E-state index contributed by atoms with van der Waals surface area (Å²) in [5, 5.41) is 9.26. The van der Waals surface area contributed by atoms with Crippen LogP contribution in [-0.4, -0.2) is 48.3 Å². The molecule has 1 aromatic rings. The minimum atomic E-state index is -0.995. The molecule has 0 unspecified atom stereocenters. The lowest BCUT2D eigenvalue weighted by Crippen LogP contribution is -2.32. The van der Waals surface area contributed by atoms with Crippen molar-refractivity contribution in [3.05, 3.63) is 29.3 Å². The average molecular weight is 433 g/mol. The van der Waals surface area contributed by atoms with Crippen LogP contribution >= 0.6 is 0 Å². The van der Waals surface area contributed by atoms with Gasteiger partial charge in [-0.3, -0.25) is 0 Å². The molecule has 0 bridgehead atoms. The minimum absolute atomic E-state index is 0.111. The van der Waals surface area contributed by atoms with Crippen LogP contribution in [0.25, 0.3) is 0 Å². The van der Waals surface area contributed by atoms with Crippen molar-refractivity contribution in [3.63, 3.8) is 0 Å². The number of ether oxygens (including phenoxy) is 2. The molecule has 0 fully saturated rings. The van der Waals surface area contributed by atoms with Gasteiger partial charge in [-0.2, -0.15) is 0 Å². The number of benzene rings is 1. The quantitative estimate of drug-likeness (QED) is 0.256. The van der Waals surface area contributed by atoms with Gasteiger partial charge in [0.2, 0.25) is 0 Å². The fraction of sp³-hybridized carbons (Fsp3) is 0.522. The van der Waals surface area contributed by atoms with Gasteiger partial charge in [-0.05, 0) is 30.9 Å². The predicted molar refractivity (Wildman–Crippen MR) is 115 cm³/mol. The third kappa shape index (κ3) is 7.01. The van der Waals surface area contributed by atoms with E-state index in [1.807, 2.05) is 25.1 Å². The Hall–Kier alpha value is -3.03. The van der Waals surface area contributed by atoms with E-state index in [9.17, 15) is 19.5 Å². The number of hydrogen-bond donors (Lipinski definition) is 0. The number of nitrogens with zero attached hydrogens (tertiary/aromatic N) is 2. The molecule has 0 atom stereocenters. The number of aliphatic imine (C=N–C) groups is 1. The van der Waals surface area contributed by atoms with Gasteiger partial charge in [0.25, 0.3) is 0 Å². The van der Waals surface area contributed by atoms with E-state index in [2.05, 4.69) is 11.9 Å². The summed E-state index contributed by atoms with van der Waals surface area (Å²) in [6.07, 6.45) is 5.57. The number of para-hydroxylation sites is 1. The number of rotatable bonds is 9. The van der Waals surface area contributed by atoms with Crippen molar-refractivity contribution in [3.8, 4) is 5.75 Å².